The fraction of sp³-hybridized carbons (Fsp3) is 0.320. The van der Waals surface area contributed by atoms with Gasteiger partial charge < -0.3 is 15.2 Å². The van der Waals surface area contributed by atoms with Crippen molar-refractivity contribution in [2.45, 2.75) is 32.4 Å². The van der Waals surface area contributed by atoms with Gasteiger partial charge in [-0.05, 0) is 44.3 Å². The van der Waals surface area contributed by atoms with E-state index in [-0.39, 0.29) is 24.1 Å². The predicted molar refractivity (Wildman–Crippen MR) is 125 cm³/mol. The summed E-state index contributed by atoms with van der Waals surface area (Å²) in [6.07, 6.45) is 4.24. The number of rotatable bonds is 7. The molecule has 2 aromatic carbocycles. The Balaban J connectivity index is 1.52. The van der Waals surface area contributed by atoms with Crippen molar-refractivity contribution in [3.8, 4) is 11.4 Å². The monoisotopic (exact) mass is 484 g/mol. The van der Waals surface area contributed by atoms with Gasteiger partial charge in [0.2, 0.25) is 5.95 Å². The second kappa shape index (κ2) is 9.99. The van der Waals surface area contributed by atoms with Crippen LogP contribution in [0.2, 0.25) is 0 Å². The summed E-state index contributed by atoms with van der Waals surface area (Å²) in [5.74, 6) is -2.71. The van der Waals surface area contributed by atoms with Crippen LogP contribution < -0.4 is 10.6 Å². The van der Waals surface area contributed by atoms with Crippen molar-refractivity contribution < 1.29 is 17.6 Å². The van der Waals surface area contributed by atoms with E-state index < -0.39 is 23.0 Å². The van der Waals surface area contributed by atoms with Crippen LogP contribution in [0.4, 0.5) is 23.5 Å². The van der Waals surface area contributed by atoms with Gasteiger partial charge in [0.25, 0.3) is 0 Å². The molecule has 1 aliphatic rings. The highest BCUT2D eigenvalue weighted by molar-refractivity contribution is 5.77. The molecule has 0 unspecified atom stereocenters. The maximum absolute atomic E-state index is 14.7. The number of hydrogen-bond acceptors (Lipinski definition) is 5. The molecule has 0 radical (unpaired) electrons. The normalized spacial score (nSPS) is 14.5. The van der Waals surface area contributed by atoms with Crippen LogP contribution in [0.15, 0.2) is 42.6 Å². The zero-order valence-electron chi connectivity index (χ0n) is 18.9. The second-order valence-corrected chi connectivity index (χ2v) is 8.66. The van der Waals surface area contributed by atoms with Crippen molar-refractivity contribution in [2.75, 3.05) is 18.4 Å². The lowest BCUT2D eigenvalue weighted by Crippen LogP contribution is -2.28. The largest absolute Gasteiger partial charge is 0.350 e. The SMILES string of the molecule is Fc1cc(F)c(-c2nc3cnc(NCc4ccccc4F)nc3n2CCC2CCNCC2)c(F)c1. The minimum absolute atomic E-state index is 0.0319. The van der Waals surface area contributed by atoms with Crippen molar-refractivity contribution in [3.05, 3.63) is 71.4 Å². The van der Waals surface area contributed by atoms with Crippen molar-refractivity contribution >= 4 is 17.1 Å². The molecule has 0 saturated carbocycles. The van der Waals surface area contributed by atoms with E-state index in [1.54, 1.807) is 22.8 Å². The third-order valence-electron chi connectivity index (χ3n) is 6.33. The van der Waals surface area contributed by atoms with Gasteiger partial charge in [0.1, 0.15) is 34.6 Å². The minimum Gasteiger partial charge on any atom is -0.350 e. The van der Waals surface area contributed by atoms with Gasteiger partial charge in [0.15, 0.2) is 5.65 Å². The van der Waals surface area contributed by atoms with Gasteiger partial charge in [-0.15, -0.1) is 0 Å². The molecular weight excluding hydrogens is 460 g/mol. The molecule has 0 atom stereocenters. The number of nitrogens with zero attached hydrogens (tertiary/aromatic N) is 4. The van der Waals surface area contributed by atoms with E-state index in [0.717, 1.165) is 32.4 Å². The maximum Gasteiger partial charge on any atom is 0.225 e. The van der Waals surface area contributed by atoms with Crippen LogP contribution in [0.25, 0.3) is 22.6 Å². The first-order valence-electron chi connectivity index (χ1n) is 11.6. The van der Waals surface area contributed by atoms with Gasteiger partial charge in [-0.3, -0.25) is 0 Å². The van der Waals surface area contributed by atoms with Gasteiger partial charge in [-0.25, -0.2) is 27.5 Å². The van der Waals surface area contributed by atoms with Crippen molar-refractivity contribution in [2.24, 2.45) is 5.92 Å². The van der Waals surface area contributed by atoms with E-state index in [4.69, 9.17) is 0 Å². The Morgan fingerprint density at radius 2 is 1.71 bits per heavy atom. The first-order chi connectivity index (χ1) is 17.0. The summed E-state index contributed by atoms with van der Waals surface area (Å²) >= 11 is 0. The molecule has 0 aliphatic carbocycles. The zero-order chi connectivity index (χ0) is 24.4. The molecule has 1 fully saturated rings. The molecule has 182 valence electrons. The first-order valence-corrected chi connectivity index (χ1v) is 11.6. The average Bonchev–Trinajstić information content (AvgIpc) is 3.19. The summed E-state index contributed by atoms with van der Waals surface area (Å²) in [5.41, 5.74) is 0.787. The molecular formula is C25H24F4N6. The van der Waals surface area contributed by atoms with Gasteiger partial charge in [-0.1, -0.05) is 18.2 Å². The van der Waals surface area contributed by atoms with Crippen molar-refractivity contribution in [3.63, 3.8) is 0 Å². The number of fused-ring (bicyclic) bond motifs is 1. The fourth-order valence-electron chi connectivity index (χ4n) is 4.46. The number of aromatic nitrogens is 4. The molecule has 2 N–H and O–H groups in total. The number of benzene rings is 2. The van der Waals surface area contributed by atoms with Crippen LogP contribution in [0.5, 0.6) is 0 Å². The molecule has 3 heterocycles. The highest BCUT2D eigenvalue weighted by Crippen LogP contribution is 2.31. The summed E-state index contributed by atoms with van der Waals surface area (Å²) < 4.78 is 58.6. The maximum atomic E-state index is 14.7. The van der Waals surface area contributed by atoms with E-state index in [1.807, 2.05) is 0 Å². The molecule has 1 saturated heterocycles. The molecule has 6 nitrogen and oxygen atoms in total. The number of anilines is 1. The average molecular weight is 485 g/mol. The third kappa shape index (κ3) is 4.97. The Morgan fingerprint density at radius 3 is 2.46 bits per heavy atom. The van der Waals surface area contributed by atoms with E-state index in [1.165, 1.54) is 12.3 Å². The van der Waals surface area contributed by atoms with Crippen molar-refractivity contribution in [1.29, 1.82) is 0 Å². The fourth-order valence-corrected chi connectivity index (χ4v) is 4.46. The van der Waals surface area contributed by atoms with Crippen LogP contribution in [-0.4, -0.2) is 32.6 Å². The Bertz CT molecular complexity index is 1330. The number of hydrogen-bond donors (Lipinski definition) is 2. The lowest BCUT2D eigenvalue weighted by Gasteiger charge is -2.23. The quantitative estimate of drug-likeness (QED) is 0.360. The summed E-state index contributed by atoms with van der Waals surface area (Å²) in [6.45, 7) is 2.44. The van der Waals surface area contributed by atoms with E-state index in [0.29, 0.717) is 41.3 Å². The molecule has 4 aromatic rings. The number of imidazole rings is 1. The number of aryl methyl sites for hydroxylation is 1. The molecule has 35 heavy (non-hydrogen) atoms. The number of piperidine rings is 1. The molecule has 0 amide bonds. The van der Waals surface area contributed by atoms with E-state index in [2.05, 4.69) is 25.6 Å². The summed E-state index contributed by atoms with van der Waals surface area (Å²) in [6, 6.07) is 7.65. The highest BCUT2D eigenvalue weighted by Gasteiger charge is 2.23. The number of nitrogens with one attached hydrogen (secondary N) is 2. The van der Waals surface area contributed by atoms with Crippen LogP contribution in [-0.2, 0) is 13.1 Å². The van der Waals surface area contributed by atoms with Crippen molar-refractivity contribution in [1.82, 2.24) is 24.8 Å². The van der Waals surface area contributed by atoms with E-state index in [9.17, 15) is 17.6 Å². The third-order valence-corrected chi connectivity index (χ3v) is 6.33. The van der Waals surface area contributed by atoms with Gasteiger partial charge >= 0.3 is 0 Å². The molecule has 0 bridgehead atoms. The van der Waals surface area contributed by atoms with Gasteiger partial charge in [-0.2, -0.15) is 4.98 Å². The first kappa shape index (κ1) is 23.2. The van der Waals surface area contributed by atoms with Gasteiger partial charge in [0, 0.05) is 30.8 Å². The lowest BCUT2D eigenvalue weighted by atomic mass is 9.95. The Kier molecular flexibility index (Phi) is 6.63. The second-order valence-electron chi connectivity index (χ2n) is 8.66. The molecule has 2 aromatic heterocycles. The highest BCUT2D eigenvalue weighted by atomic mass is 19.1. The predicted octanol–water partition coefficient (Wildman–Crippen LogP) is 5.05. The van der Waals surface area contributed by atoms with Crippen LogP contribution in [0, 0.1) is 29.2 Å². The van der Waals surface area contributed by atoms with Crippen LogP contribution in [0.3, 0.4) is 0 Å². The van der Waals surface area contributed by atoms with Crippen LogP contribution in [0.1, 0.15) is 24.8 Å². The topological polar surface area (TPSA) is 67.7 Å². The molecule has 1 aliphatic heterocycles. The smallest absolute Gasteiger partial charge is 0.225 e. The summed E-state index contributed by atoms with van der Waals surface area (Å²) in [5, 5.41) is 6.32. The number of halogens is 4. The summed E-state index contributed by atoms with van der Waals surface area (Å²) in [4.78, 5) is 13.2. The molecule has 0 spiro atoms. The molecule has 5 rings (SSSR count). The summed E-state index contributed by atoms with van der Waals surface area (Å²) in [7, 11) is 0. The minimum atomic E-state index is -1.04. The lowest BCUT2D eigenvalue weighted by molar-refractivity contribution is 0.339. The van der Waals surface area contributed by atoms with Crippen LogP contribution >= 0.6 is 0 Å². The Hall–Kier alpha value is -3.53. The van der Waals surface area contributed by atoms with E-state index >= 15 is 0 Å². The Morgan fingerprint density at radius 1 is 0.971 bits per heavy atom. The zero-order valence-corrected chi connectivity index (χ0v) is 18.9. The standard InChI is InChI=1S/C25H24F4N6/c26-17-11-19(28)22(20(29)12-17)24-33-21-14-32-25(31-13-16-3-1-2-4-18(16)27)34-23(21)35(24)10-7-15-5-8-30-9-6-15/h1-4,11-12,14-15,30H,5-10,13H2,(H,31,32,34). The van der Waals surface area contributed by atoms with Gasteiger partial charge in [0.05, 0.1) is 11.8 Å². The molecule has 10 heteroatoms. The Labute approximate surface area is 199 Å².